The van der Waals surface area contributed by atoms with Gasteiger partial charge in [-0.05, 0) is 39.2 Å². The number of hydrogen-bond donors (Lipinski definition) is 0. The molecule has 0 aliphatic heterocycles. The van der Waals surface area contributed by atoms with Crippen LogP contribution in [0.3, 0.4) is 0 Å². The lowest BCUT2D eigenvalue weighted by molar-refractivity contribution is -0.131. The second-order valence-corrected chi connectivity index (χ2v) is 6.37. The van der Waals surface area contributed by atoms with Crippen molar-refractivity contribution in [3.8, 4) is 0 Å². The van der Waals surface area contributed by atoms with Crippen molar-refractivity contribution in [2.45, 2.75) is 40.2 Å². The summed E-state index contributed by atoms with van der Waals surface area (Å²) in [7, 11) is 1.33. The monoisotopic (exact) mass is 346 g/mol. The molecule has 0 atom stereocenters. The maximum Gasteiger partial charge on any atom is 0.354 e. The van der Waals surface area contributed by atoms with Crippen molar-refractivity contribution in [2.75, 3.05) is 20.2 Å². The van der Waals surface area contributed by atoms with E-state index in [0.29, 0.717) is 29.9 Å². The van der Waals surface area contributed by atoms with Gasteiger partial charge in [-0.3, -0.25) is 9.59 Å². The molecule has 0 bridgehead atoms. The molecule has 1 fully saturated rings. The number of methoxy groups -OCH3 is 1. The Hall–Kier alpha value is -2.37. The van der Waals surface area contributed by atoms with Gasteiger partial charge in [0.1, 0.15) is 5.69 Å². The van der Waals surface area contributed by atoms with E-state index in [1.807, 2.05) is 13.8 Å². The number of ether oxygens (including phenoxy) is 1. The van der Waals surface area contributed by atoms with E-state index in [1.165, 1.54) is 7.11 Å². The molecule has 1 aliphatic carbocycles. The molecule has 1 aromatic rings. The third-order valence-corrected chi connectivity index (χ3v) is 4.66. The maximum absolute atomic E-state index is 12.9. The topological polar surface area (TPSA) is 68.6 Å². The number of nitrogens with zero attached hydrogens (tertiary/aromatic N) is 2. The summed E-state index contributed by atoms with van der Waals surface area (Å²) in [6.07, 6.45) is 3.40. The fourth-order valence-electron chi connectivity index (χ4n) is 3.29. The SMILES string of the molecule is C=CCN(CC(=O)c1c(C)c(C(=O)OC)n(CC)c1C)C(=O)C1CC1. The fraction of sp³-hybridized carbons (Fsp3) is 0.526. The molecular formula is C19H26N2O4. The van der Waals surface area contributed by atoms with Crippen LogP contribution in [0.2, 0.25) is 0 Å². The average Bonchev–Trinajstić information content (AvgIpc) is 3.39. The number of carbonyl (C=O) groups is 3. The van der Waals surface area contributed by atoms with E-state index in [4.69, 9.17) is 4.74 Å². The van der Waals surface area contributed by atoms with E-state index in [1.54, 1.807) is 22.5 Å². The van der Waals surface area contributed by atoms with E-state index >= 15 is 0 Å². The highest BCUT2D eigenvalue weighted by atomic mass is 16.5. The molecular weight excluding hydrogens is 320 g/mol. The second-order valence-electron chi connectivity index (χ2n) is 6.37. The first kappa shape index (κ1) is 19.0. The largest absolute Gasteiger partial charge is 0.464 e. The highest BCUT2D eigenvalue weighted by Gasteiger charge is 2.34. The highest BCUT2D eigenvalue weighted by molar-refractivity contribution is 6.04. The Kier molecular flexibility index (Phi) is 5.82. The molecule has 0 unspecified atom stereocenters. The third-order valence-electron chi connectivity index (χ3n) is 4.66. The van der Waals surface area contributed by atoms with Gasteiger partial charge in [-0.1, -0.05) is 6.08 Å². The molecule has 25 heavy (non-hydrogen) atoms. The number of ketones is 1. The molecule has 1 aliphatic rings. The molecule has 6 nitrogen and oxygen atoms in total. The predicted octanol–water partition coefficient (Wildman–Crippen LogP) is 2.52. The van der Waals surface area contributed by atoms with Crippen LogP contribution in [0.5, 0.6) is 0 Å². The van der Waals surface area contributed by atoms with Crippen molar-refractivity contribution in [1.29, 1.82) is 0 Å². The molecule has 136 valence electrons. The molecule has 2 rings (SSSR count). The molecule has 0 saturated heterocycles. The first-order chi connectivity index (χ1) is 11.9. The van der Waals surface area contributed by atoms with Gasteiger partial charge in [0.2, 0.25) is 5.91 Å². The quantitative estimate of drug-likeness (QED) is 0.412. The molecule has 0 radical (unpaired) electrons. The lowest BCUT2D eigenvalue weighted by atomic mass is 10.0. The number of aromatic nitrogens is 1. The predicted molar refractivity (Wildman–Crippen MR) is 94.8 cm³/mol. The molecule has 1 saturated carbocycles. The van der Waals surface area contributed by atoms with E-state index in [2.05, 4.69) is 6.58 Å². The van der Waals surface area contributed by atoms with E-state index < -0.39 is 5.97 Å². The zero-order valence-corrected chi connectivity index (χ0v) is 15.4. The van der Waals surface area contributed by atoms with Gasteiger partial charge in [-0.15, -0.1) is 6.58 Å². The molecule has 0 spiro atoms. The highest BCUT2D eigenvalue weighted by Crippen LogP contribution is 2.31. The maximum atomic E-state index is 12.9. The van der Waals surface area contributed by atoms with Crippen LogP contribution >= 0.6 is 0 Å². The molecule has 6 heteroatoms. The van der Waals surface area contributed by atoms with Crippen LogP contribution < -0.4 is 0 Å². The van der Waals surface area contributed by atoms with Gasteiger partial charge in [-0.25, -0.2) is 4.79 Å². The Labute approximate surface area is 148 Å². The van der Waals surface area contributed by atoms with Gasteiger partial charge >= 0.3 is 5.97 Å². The normalized spacial score (nSPS) is 13.4. The molecule has 0 aromatic carbocycles. The average molecular weight is 346 g/mol. The minimum Gasteiger partial charge on any atom is -0.464 e. The Morgan fingerprint density at radius 1 is 1.32 bits per heavy atom. The Morgan fingerprint density at radius 2 is 1.96 bits per heavy atom. The van der Waals surface area contributed by atoms with Gasteiger partial charge in [0.25, 0.3) is 0 Å². The summed E-state index contributed by atoms with van der Waals surface area (Å²) in [4.78, 5) is 38.9. The molecule has 1 amide bonds. The number of rotatable bonds is 8. The second kappa shape index (κ2) is 7.68. The van der Waals surface area contributed by atoms with Gasteiger partial charge in [0, 0.05) is 30.3 Å². The zero-order valence-electron chi connectivity index (χ0n) is 15.4. The van der Waals surface area contributed by atoms with Crippen molar-refractivity contribution in [3.05, 3.63) is 35.2 Å². The number of esters is 1. The minimum absolute atomic E-state index is 0.00261. The van der Waals surface area contributed by atoms with Crippen LogP contribution in [0.15, 0.2) is 12.7 Å². The zero-order chi connectivity index (χ0) is 18.7. The number of carbonyl (C=O) groups excluding carboxylic acids is 3. The smallest absolute Gasteiger partial charge is 0.354 e. The van der Waals surface area contributed by atoms with E-state index in [9.17, 15) is 14.4 Å². The van der Waals surface area contributed by atoms with Crippen molar-refractivity contribution >= 4 is 17.7 Å². The summed E-state index contributed by atoms with van der Waals surface area (Å²) in [5.41, 5.74) is 2.23. The first-order valence-electron chi connectivity index (χ1n) is 8.58. The lowest BCUT2D eigenvalue weighted by Crippen LogP contribution is -2.37. The Morgan fingerprint density at radius 3 is 2.44 bits per heavy atom. The van der Waals surface area contributed by atoms with Crippen LogP contribution in [-0.2, 0) is 16.1 Å². The number of Topliss-reactive ketones (excluding diaryl/α,β-unsaturated/α-hetero) is 1. The van der Waals surface area contributed by atoms with Gasteiger partial charge in [-0.2, -0.15) is 0 Å². The Balaban J connectivity index is 2.34. The molecule has 1 aromatic heterocycles. The Bertz CT molecular complexity index is 713. The third kappa shape index (κ3) is 3.67. The van der Waals surface area contributed by atoms with Gasteiger partial charge in [0.05, 0.1) is 13.7 Å². The van der Waals surface area contributed by atoms with Crippen LogP contribution in [-0.4, -0.2) is 47.3 Å². The van der Waals surface area contributed by atoms with Crippen molar-refractivity contribution in [2.24, 2.45) is 5.92 Å². The van der Waals surface area contributed by atoms with Gasteiger partial charge < -0.3 is 14.2 Å². The molecule has 1 heterocycles. The van der Waals surface area contributed by atoms with Crippen molar-refractivity contribution < 1.29 is 19.1 Å². The summed E-state index contributed by atoms with van der Waals surface area (Å²) >= 11 is 0. The van der Waals surface area contributed by atoms with Gasteiger partial charge in [0.15, 0.2) is 5.78 Å². The van der Waals surface area contributed by atoms with Crippen molar-refractivity contribution in [1.82, 2.24) is 9.47 Å². The minimum atomic E-state index is -0.460. The summed E-state index contributed by atoms with van der Waals surface area (Å²) in [5, 5.41) is 0. The lowest BCUT2D eigenvalue weighted by Gasteiger charge is -2.20. The summed E-state index contributed by atoms with van der Waals surface area (Å²) < 4.78 is 6.64. The standard InChI is InChI=1S/C19H26N2O4/c1-6-10-20(18(23)14-8-9-14)11-15(22)16-12(3)17(19(24)25-5)21(7-2)13(16)4/h6,14H,1,7-11H2,2-5H3. The van der Waals surface area contributed by atoms with Crippen LogP contribution in [0, 0.1) is 19.8 Å². The van der Waals surface area contributed by atoms with E-state index in [0.717, 1.165) is 18.5 Å². The van der Waals surface area contributed by atoms with Crippen LogP contribution in [0.4, 0.5) is 0 Å². The van der Waals surface area contributed by atoms with Crippen LogP contribution in [0.1, 0.15) is 51.9 Å². The van der Waals surface area contributed by atoms with Crippen LogP contribution in [0.25, 0.3) is 0 Å². The summed E-state index contributed by atoms with van der Waals surface area (Å²) in [6.45, 7) is 10.0. The number of hydrogen-bond acceptors (Lipinski definition) is 4. The first-order valence-corrected chi connectivity index (χ1v) is 8.58. The number of amides is 1. The summed E-state index contributed by atoms with van der Waals surface area (Å²) in [5.74, 6) is -0.575. The molecule has 0 N–H and O–H groups in total. The van der Waals surface area contributed by atoms with Crippen molar-refractivity contribution in [3.63, 3.8) is 0 Å². The summed E-state index contributed by atoms with van der Waals surface area (Å²) in [6, 6.07) is 0. The van der Waals surface area contributed by atoms with E-state index in [-0.39, 0.29) is 24.2 Å². The fourth-order valence-corrected chi connectivity index (χ4v) is 3.29.